The van der Waals surface area contributed by atoms with Crippen molar-refractivity contribution in [1.82, 2.24) is 0 Å². The van der Waals surface area contributed by atoms with E-state index in [2.05, 4.69) is 19.0 Å². The molecule has 0 spiro atoms. The smallest absolute Gasteiger partial charge is 0.225 e. The normalized spacial score (nSPS) is 10.5. The lowest BCUT2D eigenvalue weighted by molar-refractivity contribution is -0.120. The summed E-state index contributed by atoms with van der Waals surface area (Å²) in [4.78, 5) is 12.0. The van der Waals surface area contributed by atoms with Gasteiger partial charge in [-0.05, 0) is 6.42 Å². The van der Waals surface area contributed by atoms with Gasteiger partial charge in [0.05, 0.1) is 0 Å². The SMILES string of the molecule is CCCCCCC#COC(C=O)(c1ccccc1)c1ccccc1. The zero-order valence-corrected chi connectivity index (χ0v) is 14.2. The van der Waals surface area contributed by atoms with Crippen molar-refractivity contribution in [2.75, 3.05) is 0 Å². The monoisotopic (exact) mass is 320 g/mol. The molecule has 0 aromatic heterocycles. The second-order valence-electron chi connectivity index (χ2n) is 5.78. The fourth-order valence-corrected chi connectivity index (χ4v) is 2.62. The second-order valence-corrected chi connectivity index (χ2v) is 5.78. The number of carbonyl (C=O) groups excluding carboxylic acids is 1. The van der Waals surface area contributed by atoms with Crippen LogP contribution in [0.2, 0.25) is 0 Å². The van der Waals surface area contributed by atoms with Crippen LogP contribution in [0.15, 0.2) is 60.7 Å². The predicted octanol–water partition coefficient (Wildman–Crippen LogP) is 5.08. The summed E-state index contributed by atoms with van der Waals surface area (Å²) in [5.41, 5.74) is 0.386. The van der Waals surface area contributed by atoms with E-state index >= 15 is 0 Å². The maximum atomic E-state index is 12.0. The highest BCUT2D eigenvalue weighted by atomic mass is 16.5. The lowest BCUT2D eigenvalue weighted by Crippen LogP contribution is -2.31. The highest BCUT2D eigenvalue weighted by Crippen LogP contribution is 2.31. The van der Waals surface area contributed by atoms with E-state index in [1.165, 1.54) is 19.3 Å². The van der Waals surface area contributed by atoms with E-state index in [1.807, 2.05) is 60.7 Å². The van der Waals surface area contributed by atoms with E-state index in [4.69, 9.17) is 4.74 Å². The standard InChI is InChI=1S/C22H24O2/c1-2-3-4-5-6-13-18-24-22(19-23,20-14-9-7-10-15-20)21-16-11-8-12-17-21/h7-12,14-17,19H,2-6H2,1H3. The molecule has 0 aliphatic rings. The summed E-state index contributed by atoms with van der Waals surface area (Å²) in [5, 5.41) is 0. The number of unbranched alkanes of at least 4 members (excludes halogenated alkanes) is 4. The number of hydrogen-bond acceptors (Lipinski definition) is 2. The molecule has 2 aromatic carbocycles. The first kappa shape index (κ1) is 17.8. The van der Waals surface area contributed by atoms with Gasteiger partial charge in [-0.15, -0.1) is 0 Å². The molecular formula is C22H24O2. The number of benzene rings is 2. The Kier molecular flexibility index (Phi) is 7.11. The molecule has 0 fully saturated rings. The molecule has 0 saturated carbocycles. The van der Waals surface area contributed by atoms with Gasteiger partial charge in [-0.2, -0.15) is 0 Å². The molecule has 0 N–H and O–H groups in total. The molecule has 124 valence electrons. The van der Waals surface area contributed by atoms with Crippen molar-refractivity contribution in [2.45, 2.75) is 44.6 Å². The summed E-state index contributed by atoms with van der Waals surface area (Å²) < 4.78 is 5.83. The van der Waals surface area contributed by atoms with Gasteiger partial charge in [-0.1, -0.05) is 92.8 Å². The maximum Gasteiger partial charge on any atom is 0.225 e. The first-order valence-electron chi connectivity index (χ1n) is 8.56. The molecule has 24 heavy (non-hydrogen) atoms. The van der Waals surface area contributed by atoms with Crippen molar-refractivity contribution in [3.63, 3.8) is 0 Å². The van der Waals surface area contributed by atoms with Crippen LogP contribution in [0.25, 0.3) is 0 Å². The van der Waals surface area contributed by atoms with Crippen molar-refractivity contribution in [1.29, 1.82) is 0 Å². The number of carbonyl (C=O) groups is 1. The Morgan fingerprint density at radius 1 is 0.917 bits per heavy atom. The minimum absolute atomic E-state index is 0.784. The van der Waals surface area contributed by atoms with E-state index in [-0.39, 0.29) is 0 Å². The van der Waals surface area contributed by atoms with Crippen molar-refractivity contribution >= 4 is 6.29 Å². The third-order valence-corrected chi connectivity index (χ3v) is 4.01. The molecule has 2 rings (SSSR count). The Morgan fingerprint density at radius 2 is 1.50 bits per heavy atom. The highest BCUT2D eigenvalue weighted by molar-refractivity contribution is 5.73. The number of ether oxygens (including phenoxy) is 1. The van der Waals surface area contributed by atoms with Crippen LogP contribution in [0.3, 0.4) is 0 Å². The lowest BCUT2D eigenvalue weighted by atomic mass is 9.87. The topological polar surface area (TPSA) is 26.3 Å². The van der Waals surface area contributed by atoms with Gasteiger partial charge in [-0.25, -0.2) is 0 Å². The molecular weight excluding hydrogens is 296 g/mol. The van der Waals surface area contributed by atoms with Crippen molar-refractivity contribution in [2.24, 2.45) is 0 Å². The molecule has 2 heteroatoms. The van der Waals surface area contributed by atoms with E-state index in [0.29, 0.717) is 0 Å². The molecule has 0 unspecified atom stereocenters. The third-order valence-electron chi connectivity index (χ3n) is 4.01. The Bertz CT molecular complexity index is 626. The van der Waals surface area contributed by atoms with Gasteiger partial charge in [0.1, 0.15) is 6.11 Å². The fraction of sp³-hybridized carbons (Fsp3) is 0.318. The Hall–Kier alpha value is -2.53. The second kappa shape index (κ2) is 9.57. The van der Waals surface area contributed by atoms with Gasteiger partial charge in [0.25, 0.3) is 0 Å². The fourth-order valence-electron chi connectivity index (χ4n) is 2.62. The van der Waals surface area contributed by atoms with Gasteiger partial charge in [0, 0.05) is 17.5 Å². The number of aldehydes is 1. The molecule has 0 aliphatic heterocycles. The summed E-state index contributed by atoms with van der Waals surface area (Å²) >= 11 is 0. The van der Waals surface area contributed by atoms with Gasteiger partial charge < -0.3 is 4.74 Å². The largest absolute Gasteiger partial charge is 0.422 e. The first-order valence-corrected chi connectivity index (χ1v) is 8.56. The summed E-state index contributed by atoms with van der Waals surface area (Å²) in [6.07, 6.45) is 9.08. The Labute approximate surface area is 144 Å². The third kappa shape index (κ3) is 4.49. The summed E-state index contributed by atoms with van der Waals surface area (Å²) in [7, 11) is 0. The minimum atomic E-state index is -1.18. The predicted molar refractivity (Wildman–Crippen MR) is 97.3 cm³/mol. The van der Waals surface area contributed by atoms with Crippen LogP contribution in [-0.4, -0.2) is 6.29 Å². The molecule has 0 heterocycles. The van der Waals surface area contributed by atoms with E-state index in [0.717, 1.165) is 30.3 Å². The van der Waals surface area contributed by atoms with Crippen LogP contribution in [0.4, 0.5) is 0 Å². The average Bonchev–Trinajstić information content (AvgIpc) is 2.66. The zero-order chi connectivity index (χ0) is 17.1. The lowest BCUT2D eigenvalue weighted by Gasteiger charge is -2.26. The van der Waals surface area contributed by atoms with Gasteiger partial charge in [-0.3, -0.25) is 4.79 Å². The molecule has 2 nitrogen and oxygen atoms in total. The molecule has 0 amide bonds. The number of hydrogen-bond donors (Lipinski definition) is 0. The van der Waals surface area contributed by atoms with Crippen LogP contribution in [0.5, 0.6) is 0 Å². The van der Waals surface area contributed by atoms with Crippen molar-refractivity contribution in [3.8, 4) is 12.0 Å². The molecule has 2 aromatic rings. The van der Waals surface area contributed by atoms with Gasteiger partial charge in [0.15, 0.2) is 6.29 Å². The zero-order valence-electron chi connectivity index (χ0n) is 14.2. The minimum Gasteiger partial charge on any atom is -0.422 e. The van der Waals surface area contributed by atoms with Gasteiger partial charge in [0.2, 0.25) is 5.60 Å². The van der Waals surface area contributed by atoms with Crippen molar-refractivity contribution in [3.05, 3.63) is 71.8 Å². The number of rotatable bonds is 8. The molecule has 0 atom stereocenters. The van der Waals surface area contributed by atoms with E-state index in [9.17, 15) is 4.79 Å². The van der Waals surface area contributed by atoms with Crippen LogP contribution in [-0.2, 0) is 15.1 Å². The summed E-state index contributed by atoms with van der Waals surface area (Å²) in [6, 6.07) is 19.0. The van der Waals surface area contributed by atoms with E-state index < -0.39 is 5.60 Å². The summed E-state index contributed by atoms with van der Waals surface area (Å²) in [6.45, 7) is 2.19. The highest BCUT2D eigenvalue weighted by Gasteiger charge is 2.36. The molecule has 0 saturated heterocycles. The van der Waals surface area contributed by atoms with Crippen LogP contribution >= 0.6 is 0 Å². The van der Waals surface area contributed by atoms with Gasteiger partial charge >= 0.3 is 0 Å². The Morgan fingerprint density at radius 3 is 2.00 bits per heavy atom. The maximum absolute atomic E-state index is 12.0. The Balaban J connectivity index is 2.21. The van der Waals surface area contributed by atoms with Crippen LogP contribution in [0, 0.1) is 12.0 Å². The van der Waals surface area contributed by atoms with Crippen molar-refractivity contribution < 1.29 is 9.53 Å². The molecule has 0 radical (unpaired) electrons. The van der Waals surface area contributed by atoms with E-state index in [1.54, 1.807) is 0 Å². The quantitative estimate of drug-likeness (QED) is 0.385. The first-order chi connectivity index (χ1) is 11.8. The summed E-state index contributed by atoms with van der Waals surface area (Å²) in [5.74, 6) is 3.04. The van der Waals surface area contributed by atoms with Crippen LogP contribution in [0.1, 0.15) is 50.2 Å². The molecule has 0 aliphatic carbocycles. The average molecular weight is 320 g/mol. The van der Waals surface area contributed by atoms with Crippen LogP contribution < -0.4 is 0 Å². The molecule has 0 bridgehead atoms.